The van der Waals surface area contributed by atoms with E-state index in [1.807, 2.05) is 0 Å². The minimum absolute atomic E-state index is 0.143. The minimum atomic E-state index is -0.491. The number of carbonyl (C=O) groups is 1. The summed E-state index contributed by atoms with van der Waals surface area (Å²) in [6, 6.07) is 0. The average molecular weight is 272 g/mol. The smallest absolute Gasteiger partial charge is 0.302 e. The van der Waals surface area contributed by atoms with Gasteiger partial charge in [-0.1, -0.05) is 65.2 Å². The molecule has 0 aliphatic rings. The van der Waals surface area contributed by atoms with Crippen LogP contribution in [0.3, 0.4) is 0 Å². The number of rotatable bonds is 12. The molecule has 1 atom stereocenters. The van der Waals surface area contributed by atoms with Crippen molar-refractivity contribution < 1.29 is 14.6 Å². The van der Waals surface area contributed by atoms with Crippen molar-refractivity contribution in [3.63, 3.8) is 0 Å². The van der Waals surface area contributed by atoms with Gasteiger partial charge in [0.05, 0.1) is 6.10 Å². The van der Waals surface area contributed by atoms with Gasteiger partial charge in [0.2, 0.25) is 0 Å². The third kappa shape index (κ3) is 15.4. The molecule has 0 bridgehead atoms. The van der Waals surface area contributed by atoms with Crippen LogP contribution in [0.5, 0.6) is 0 Å². The molecular weight excluding hydrogens is 240 g/mol. The van der Waals surface area contributed by atoms with Gasteiger partial charge in [-0.15, -0.1) is 0 Å². The summed E-state index contributed by atoms with van der Waals surface area (Å²) in [6.07, 6.45) is 10.4. The molecular formula is C16H32O3. The molecule has 0 spiro atoms. The number of ether oxygens (including phenoxy) is 1. The topological polar surface area (TPSA) is 46.5 Å². The Hall–Kier alpha value is -0.570. The fourth-order valence-electron chi connectivity index (χ4n) is 2.11. The van der Waals surface area contributed by atoms with E-state index in [-0.39, 0.29) is 12.6 Å². The molecule has 0 aromatic heterocycles. The summed E-state index contributed by atoms with van der Waals surface area (Å²) in [4.78, 5) is 10.6. The molecule has 0 aliphatic carbocycles. The molecule has 3 heteroatoms. The summed E-state index contributed by atoms with van der Waals surface area (Å²) in [7, 11) is 0. The van der Waals surface area contributed by atoms with Crippen molar-refractivity contribution >= 4 is 5.97 Å². The van der Waals surface area contributed by atoms with Crippen LogP contribution in [0.15, 0.2) is 0 Å². The van der Waals surface area contributed by atoms with Crippen LogP contribution >= 0.6 is 0 Å². The quantitative estimate of drug-likeness (QED) is 0.430. The van der Waals surface area contributed by atoms with Crippen molar-refractivity contribution in [1.29, 1.82) is 0 Å². The molecule has 0 saturated carbocycles. The molecule has 0 aromatic rings. The Labute approximate surface area is 118 Å². The van der Waals surface area contributed by atoms with E-state index in [0.717, 1.165) is 18.8 Å². The third-order valence-corrected chi connectivity index (χ3v) is 3.30. The third-order valence-electron chi connectivity index (χ3n) is 3.30. The molecule has 3 nitrogen and oxygen atoms in total. The maximum atomic E-state index is 10.6. The number of hydrogen-bond donors (Lipinski definition) is 1. The van der Waals surface area contributed by atoms with Crippen molar-refractivity contribution in [2.24, 2.45) is 5.92 Å². The monoisotopic (exact) mass is 272 g/mol. The van der Waals surface area contributed by atoms with Crippen LogP contribution in [0.1, 0.15) is 78.6 Å². The highest BCUT2D eigenvalue weighted by molar-refractivity contribution is 5.65. The fourth-order valence-corrected chi connectivity index (χ4v) is 2.11. The first-order valence-corrected chi connectivity index (χ1v) is 7.83. The summed E-state index contributed by atoms with van der Waals surface area (Å²) < 4.78 is 4.76. The number of aliphatic hydroxyl groups excluding tert-OH is 1. The van der Waals surface area contributed by atoms with Gasteiger partial charge in [-0.05, 0) is 12.3 Å². The van der Waals surface area contributed by atoms with Gasteiger partial charge in [-0.3, -0.25) is 4.79 Å². The molecule has 0 heterocycles. The maximum Gasteiger partial charge on any atom is 0.302 e. The first-order chi connectivity index (χ1) is 9.02. The predicted molar refractivity (Wildman–Crippen MR) is 79.0 cm³/mol. The van der Waals surface area contributed by atoms with E-state index in [0.29, 0.717) is 0 Å². The second-order valence-electron chi connectivity index (χ2n) is 5.90. The number of unbranched alkanes of at least 4 members (excludes halogenated alkanes) is 6. The number of carbonyl (C=O) groups excluding carboxylic acids is 1. The Kier molecular flexibility index (Phi) is 12.1. The molecule has 1 unspecified atom stereocenters. The van der Waals surface area contributed by atoms with Gasteiger partial charge in [0.1, 0.15) is 6.61 Å². The molecule has 19 heavy (non-hydrogen) atoms. The zero-order chi connectivity index (χ0) is 14.5. The Bertz CT molecular complexity index is 214. The average Bonchev–Trinajstić information content (AvgIpc) is 2.34. The van der Waals surface area contributed by atoms with Crippen molar-refractivity contribution in [3.05, 3.63) is 0 Å². The molecule has 0 amide bonds. The van der Waals surface area contributed by atoms with E-state index >= 15 is 0 Å². The van der Waals surface area contributed by atoms with Crippen LogP contribution in [0.4, 0.5) is 0 Å². The largest absolute Gasteiger partial charge is 0.463 e. The van der Waals surface area contributed by atoms with Crippen LogP contribution in [0, 0.1) is 5.92 Å². The first-order valence-electron chi connectivity index (χ1n) is 7.83. The SMILES string of the molecule is CC(=O)OCC(O)CCCCCCCCCC(C)C. The highest BCUT2D eigenvalue weighted by Gasteiger charge is 2.05. The van der Waals surface area contributed by atoms with Crippen molar-refractivity contribution in [3.8, 4) is 0 Å². The molecule has 0 aliphatic heterocycles. The van der Waals surface area contributed by atoms with Crippen LogP contribution in [0.25, 0.3) is 0 Å². The van der Waals surface area contributed by atoms with Crippen molar-refractivity contribution in [1.82, 2.24) is 0 Å². The highest BCUT2D eigenvalue weighted by atomic mass is 16.5. The van der Waals surface area contributed by atoms with Gasteiger partial charge in [-0.25, -0.2) is 0 Å². The summed E-state index contributed by atoms with van der Waals surface area (Å²) >= 11 is 0. The van der Waals surface area contributed by atoms with Crippen LogP contribution in [0.2, 0.25) is 0 Å². The van der Waals surface area contributed by atoms with Gasteiger partial charge >= 0.3 is 5.97 Å². The zero-order valence-corrected chi connectivity index (χ0v) is 13.0. The lowest BCUT2D eigenvalue weighted by molar-refractivity contribution is -0.144. The summed E-state index contributed by atoms with van der Waals surface area (Å²) in [5.74, 6) is 0.513. The number of esters is 1. The van der Waals surface area contributed by atoms with Gasteiger partial charge in [0.25, 0.3) is 0 Å². The summed E-state index contributed by atoms with van der Waals surface area (Å²) in [5.41, 5.74) is 0. The van der Waals surface area contributed by atoms with E-state index < -0.39 is 6.10 Å². The van der Waals surface area contributed by atoms with Gasteiger partial charge in [-0.2, -0.15) is 0 Å². The molecule has 114 valence electrons. The lowest BCUT2D eigenvalue weighted by Crippen LogP contribution is -2.17. The Morgan fingerprint density at radius 3 is 1.89 bits per heavy atom. The molecule has 0 rings (SSSR count). The van der Waals surface area contributed by atoms with Gasteiger partial charge in [0, 0.05) is 6.92 Å². The number of aliphatic hydroxyl groups is 1. The van der Waals surface area contributed by atoms with E-state index in [2.05, 4.69) is 13.8 Å². The lowest BCUT2D eigenvalue weighted by atomic mass is 10.0. The van der Waals surface area contributed by atoms with Crippen LogP contribution in [-0.2, 0) is 9.53 Å². The van der Waals surface area contributed by atoms with Crippen molar-refractivity contribution in [2.45, 2.75) is 84.7 Å². The zero-order valence-electron chi connectivity index (χ0n) is 13.0. The second kappa shape index (κ2) is 12.5. The maximum absolute atomic E-state index is 10.6. The standard InChI is InChI=1S/C16H32O3/c1-14(2)11-9-7-5-4-6-8-10-12-16(18)13-19-15(3)17/h14,16,18H,4-13H2,1-3H3. The van der Waals surface area contributed by atoms with Crippen LogP contribution < -0.4 is 0 Å². The Morgan fingerprint density at radius 2 is 1.42 bits per heavy atom. The Balaban J connectivity index is 3.15. The van der Waals surface area contributed by atoms with E-state index in [1.54, 1.807) is 0 Å². The molecule has 0 saturated heterocycles. The Morgan fingerprint density at radius 1 is 0.947 bits per heavy atom. The van der Waals surface area contributed by atoms with E-state index in [1.165, 1.54) is 51.9 Å². The van der Waals surface area contributed by atoms with E-state index in [9.17, 15) is 9.90 Å². The van der Waals surface area contributed by atoms with E-state index in [4.69, 9.17) is 4.74 Å². The highest BCUT2D eigenvalue weighted by Crippen LogP contribution is 2.13. The van der Waals surface area contributed by atoms with Crippen LogP contribution in [-0.4, -0.2) is 23.8 Å². The molecule has 1 N–H and O–H groups in total. The second-order valence-corrected chi connectivity index (χ2v) is 5.90. The van der Waals surface area contributed by atoms with Gasteiger partial charge < -0.3 is 9.84 Å². The number of hydrogen-bond acceptors (Lipinski definition) is 3. The molecule has 0 radical (unpaired) electrons. The molecule has 0 aromatic carbocycles. The molecule has 0 fully saturated rings. The van der Waals surface area contributed by atoms with Gasteiger partial charge in [0.15, 0.2) is 0 Å². The lowest BCUT2D eigenvalue weighted by Gasteiger charge is -2.10. The van der Waals surface area contributed by atoms with Crippen molar-refractivity contribution in [2.75, 3.05) is 6.61 Å². The summed E-state index contributed by atoms with van der Waals surface area (Å²) in [6.45, 7) is 6.07. The summed E-state index contributed by atoms with van der Waals surface area (Å²) in [5, 5.41) is 9.55. The first kappa shape index (κ1) is 18.4. The fraction of sp³-hybridized carbons (Fsp3) is 0.938. The predicted octanol–water partition coefficient (Wildman–Crippen LogP) is 4.08. The normalized spacial score (nSPS) is 12.7. The minimum Gasteiger partial charge on any atom is -0.463 e.